The molecule has 0 fully saturated rings. The van der Waals surface area contributed by atoms with Crippen LogP contribution in [0.4, 0.5) is 5.69 Å². The first kappa shape index (κ1) is 18.0. The molecule has 0 aliphatic heterocycles. The van der Waals surface area contributed by atoms with E-state index < -0.39 is 0 Å². The highest BCUT2D eigenvalue weighted by Crippen LogP contribution is 2.27. The van der Waals surface area contributed by atoms with Gasteiger partial charge in [-0.25, -0.2) is 4.68 Å². The molecule has 1 aromatic heterocycles. The fourth-order valence-corrected chi connectivity index (χ4v) is 1.78. The molecule has 6 heteroatoms. The van der Waals surface area contributed by atoms with Gasteiger partial charge >= 0.3 is 0 Å². The Hall–Kier alpha value is -1.07. The number of hydrogen-bond donors (Lipinski definition) is 1. The standard InChI is InChI=1S/C15H27ClN4O/c1-11(2)15(3,4)10-17-12-9-18-20(8-7-19(5)6)14(21)13(12)16/h9,11,17H,7-8,10H2,1-6H3. The van der Waals surface area contributed by atoms with Gasteiger partial charge < -0.3 is 10.2 Å². The Morgan fingerprint density at radius 2 is 2.05 bits per heavy atom. The maximum Gasteiger partial charge on any atom is 0.287 e. The highest BCUT2D eigenvalue weighted by atomic mass is 35.5. The molecule has 0 bridgehead atoms. The third-order valence-corrected chi connectivity index (χ3v) is 4.41. The van der Waals surface area contributed by atoms with E-state index in [-0.39, 0.29) is 16.0 Å². The van der Waals surface area contributed by atoms with Crippen LogP contribution in [0.1, 0.15) is 27.7 Å². The van der Waals surface area contributed by atoms with Crippen LogP contribution in [0.15, 0.2) is 11.0 Å². The van der Waals surface area contributed by atoms with Gasteiger partial charge in [0.1, 0.15) is 5.02 Å². The van der Waals surface area contributed by atoms with Crippen molar-refractivity contribution in [2.75, 3.05) is 32.5 Å². The van der Waals surface area contributed by atoms with Crippen molar-refractivity contribution in [3.8, 4) is 0 Å². The van der Waals surface area contributed by atoms with E-state index in [9.17, 15) is 4.79 Å². The van der Waals surface area contributed by atoms with Crippen molar-refractivity contribution in [1.82, 2.24) is 14.7 Å². The molecule has 0 unspecified atom stereocenters. The van der Waals surface area contributed by atoms with Gasteiger partial charge in [0.05, 0.1) is 18.4 Å². The first-order valence-electron chi connectivity index (χ1n) is 7.29. The normalized spacial score (nSPS) is 12.2. The number of hydrogen-bond acceptors (Lipinski definition) is 4. The molecule has 0 amide bonds. The van der Waals surface area contributed by atoms with Crippen LogP contribution in [0.25, 0.3) is 0 Å². The minimum absolute atomic E-state index is 0.114. The first-order valence-corrected chi connectivity index (χ1v) is 7.67. The lowest BCUT2D eigenvalue weighted by Gasteiger charge is -2.30. The summed E-state index contributed by atoms with van der Waals surface area (Å²) < 4.78 is 1.40. The summed E-state index contributed by atoms with van der Waals surface area (Å²) in [6.45, 7) is 10.8. The summed E-state index contributed by atoms with van der Waals surface area (Å²) in [6, 6.07) is 0. The van der Waals surface area contributed by atoms with Gasteiger partial charge in [-0.2, -0.15) is 5.10 Å². The quantitative estimate of drug-likeness (QED) is 0.840. The summed E-state index contributed by atoms with van der Waals surface area (Å²) in [5.41, 5.74) is 0.478. The monoisotopic (exact) mass is 314 g/mol. The maximum absolute atomic E-state index is 12.2. The summed E-state index contributed by atoms with van der Waals surface area (Å²) in [5.74, 6) is 0.525. The Balaban J connectivity index is 2.83. The predicted molar refractivity (Wildman–Crippen MR) is 89.2 cm³/mol. The fourth-order valence-electron chi connectivity index (χ4n) is 1.57. The van der Waals surface area contributed by atoms with Gasteiger partial charge in [0.15, 0.2) is 0 Å². The Labute approximate surface area is 132 Å². The van der Waals surface area contributed by atoms with Crippen LogP contribution < -0.4 is 10.9 Å². The van der Waals surface area contributed by atoms with Gasteiger partial charge in [0.25, 0.3) is 5.56 Å². The van der Waals surface area contributed by atoms with Gasteiger partial charge in [-0.15, -0.1) is 0 Å². The average Bonchev–Trinajstić information content (AvgIpc) is 2.39. The number of halogens is 1. The molecule has 21 heavy (non-hydrogen) atoms. The minimum Gasteiger partial charge on any atom is -0.382 e. The number of anilines is 1. The van der Waals surface area contributed by atoms with Crippen molar-refractivity contribution in [3.63, 3.8) is 0 Å². The smallest absolute Gasteiger partial charge is 0.287 e. The third kappa shape index (κ3) is 5.00. The molecular weight excluding hydrogens is 288 g/mol. The second kappa shape index (κ2) is 7.27. The molecule has 1 heterocycles. The number of likely N-dealkylation sites (N-methyl/N-ethyl adjacent to an activating group) is 1. The van der Waals surface area contributed by atoms with Gasteiger partial charge in [0, 0.05) is 13.1 Å². The van der Waals surface area contributed by atoms with Crippen LogP contribution in [-0.4, -0.2) is 41.9 Å². The second-order valence-corrected chi connectivity index (χ2v) is 7.08. The van der Waals surface area contributed by atoms with Crippen LogP contribution >= 0.6 is 11.6 Å². The lowest BCUT2D eigenvalue weighted by Crippen LogP contribution is -2.31. The van der Waals surface area contributed by atoms with Crippen LogP contribution in [-0.2, 0) is 6.54 Å². The van der Waals surface area contributed by atoms with Gasteiger partial charge in [-0.1, -0.05) is 39.3 Å². The molecule has 0 spiro atoms. The first-order chi connectivity index (χ1) is 9.65. The molecule has 0 atom stereocenters. The average molecular weight is 315 g/mol. The summed E-state index contributed by atoms with van der Waals surface area (Å²) >= 11 is 6.17. The molecule has 0 aliphatic carbocycles. The molecule has 1 rings (SSSR count). The largest absolute Gasteiger partial charge is 0.382 e. The van der Waals surface area contributed by atoms with E-state index in [0.29, 0.717) is 18.2 Å². The summed E-state index contributed by atoms with van der Waals surface area (Å²) in [6.07, 6.45) is 1.63. The van der Waals surface area contributed by atoms with E-state index in [4.69, 9.17) is 11.6 Å². The molecule has 120 valence electrons. The van der Waals surface area contributed by atoms with E-state index in [1.807, 2.05) is 19.0 Å². The molecule has 0 radical (unpaired) electrons. The third-order valence-electron chi connectivity index (χ3n) is 4.04. The second-order valence-electron chi connectivity index (χ2n) is 6.70. The van der Waals surface area contributed by atoms with Crippen molar-refractivity contribution in [2.45, 2.75) is 34.2 Å². The highest BCUT2D eigenvalue weighted by molar-refractivity contribution is 6.32. The van der Waals surface area contributed by atoms with E-state index in [1.165, 1.54) is 4.68 Å². The zero-order valence-corrected chi connectivity index (χ0v) is 14.7. The SMILES string of the molecule is CC(C)C(C)(C)CNc1cnn(CCN(C)C)c(=O)c1Cl. The lowest BCUT2D eigenvalue weighted by atomic mass is 9.81. The number of rotatable bonds is 7. The molecule has 0 saturated carbocycles. The van der Waals surface area contributed by atoms with Crippen molar-refractivity contribution < 1.29 is 0 Å². The van der Waals surface area contributed by atoms with Crippen LogP contribution in [0.3, 0.4) is 0 Å². The molecule has 0 aliphatic rings. The molecular formula is C15H27ClN4O. The zero-order valence-electron chi connectivity index (χ0n) is 13.9. The van der Waals surface area contributed by atoms with Gasteiger partial charge in [-0.05, 0) is 25.4 Å². The Morgan fingerprint density at radius 3 is 2.57 bits per heavy atom. The Morgan fingerprint density at radius 1 is 1.43 bits per heavy atom. The van der Waals surface area contributed by atoms with Crippen LogP contribution in [0, 0.1) is 11.3 Å². The van der Waals surface area contributed by atoms with Crippen molar-refractivity contribution in [1.29, 1.82) is 0 Å². The molecule has 0 saturated heterocycles. The Bertz CT molecular complexity index is 523. The van der Waals surface area contributed by atoms with Crippen molar-refractivity contribution in [2.24, 2.45) is 11.3 Å². The number of nitrogens with zero attached hydrogens (tertiary/aromatic N) is 3. The number of aromatic nitrogens is 2. The molecule has 1 aromatic rings. The molecule has 5 nitrogen and oxygen atoms in total. The fraction of sp³-hybridized carbons (Fsp3) is 0.733. The maximum atomic E-state index is 12.2. The summed E-state index contributed by atoms with van der Waals surface area (Å²) in [4.78, 5) is 14.2. The van der Waals surface area contributed by atoms with E-state index in [0.717, 1.165) is 13.1 Å². The Kier molecular flexibility index (Phi) is 6.23. The van der Waals surface area contributed by atoms with Gasteiger partial charge in [-0.3, -0.25) is 4.79 Å². The molecule has 0 aromatic carbocycles. The van der Waals surface area contributed by atoms with Crippen LogP contribution in [0.5, 0.6) is 0 Å². The van der Waals surface area contributed by atoms with Crippen molar-refractivity contribution in [3.05, 3.63) is 21.6 Å². The zero-order chi connectivity index (χ0) is 16.2. The topological polar surface area (TPSA) is 50.2 Å². The minimum atomic E-state index is -0.245. The van der Waals surface area contributed by atoms with E-state index in [2.05, 4.69) is 38.1 Å². The van der Waals surface area contributed by atoms with Crippen LogP contribution in [0.2, 0.25) is 5.02 Å². The van der Waals surface area contributed by atoms with E-state index in [1.54, 1.807) is 6.20 Å². The molecule has 1 N–H and O–H groups in total. The predicted octanol–water partition coefficient (Wildman–Crippen LogP) is 2.55. The highest BCUT2D eigenvalue weighted by Gasteiger charge is 2.22. The summed E-state index contributed by atoms with van der Waals surface area (Å²) in [5, 5.41) is 7.65. The lowest BCUT2D eigenvalue weighted by molar-refractivity contribution is 0.269. The van der Waals surface area contributed by atoms with Gasteiger partial charge in [0.2, 0.25) is 0 Å². The van der Waals surface area contributed by atoms with Crippen molar-refractivity contribution >= 4 is 17.3 Å². The van der Waals surface area contributed by atoms with E-state index >= 15 is 0 Å². The number of nitrogens with one attached hydrogen (secondary N) is 1. The summed E-state index contributed by atoms with van der Waals surface area (Å²) in [7, 11) is 3.91.